The molecule has 3 N–H and O–H groups in total. The van der Waals surface area contributed by atoms with Crippen LogP contribution in [0.2, 0.25) is 0 Å². The van der Waals surface area contributed by atoms with Gasteiger partial charge in [0.25, 0.3) is 0 Å². The number of benzene rings is 4. The van der Waals surface area contributed by atoms with Crippen molar-refractivity contribution in [3.8, 4) is 50.6 Å². The molecule has 3 heteroatoms. The zero-order valence-electron chi connectivity index (χ0n) is 14.5. The predicted octanol–water partition coefficient (Wildman–Crippen LogP) is 5.80. The maximum Gasteiger partial charge on any atom is 0.115 e. The maximum atomic E-state index is 9.63. The molecule has 0 fully saturated rings. The summed E-state index contributed by atoms with van der Waals surface area (Å²) in [5.41, 5.74) is 6.06. The zero-order chi connectivity index (χ0) is 18.8. The Morgan fingerprint density at radius 2 is 0.704 bits per heavy atom. The number of hydrogen-bond acceptors (Lipinski definition) is 3. The van der Waals surface area contributed by atoms with E-state index in [9.17, 15) is 15.3 Å². The third-order valence-corrected chi connectivity index (χ3v) is 4.58. The molecule has 0 spiro atoms. The molecule has 0 atom stereocenters. The van der Waals surface area contributed by atoms with Crippen LogP contribution in [0.5, 0.6) is 17.2 Å². The second kappa shape index (κ2) is 6.89. The lowest BCUT2D eigenvalue weighted by atomic mass is 9.91. The SMILES string of the molecule is Oc1ccc(-c2ccc(-c3ccc(O)cc3)c(-c3ccc(O)cc3)c2)cc1. The predicted molar refractivity (Wildman–Crippen MR) is 108 cm³/mol. The third kappa shape index (κ3) is 3.48. The van der Waals surface area contributed by atoms with E-state index in [4.69, 9.17) is 0 Å². The number of phenolic OH excluding ortho intramolecular Hbond substituents is 3. The highest BCUT2D eigenvalue weighted by Crippen LogP contribution is 2.37. The van der Waals surface area contributed by atoms with Crippen molar-refractivity contribution in [1.82, 2.24) is 0 Å². The van der Waals surface area contributed by atoms with Gasteiger partial charge in [0.1, 0.15) is 17.2 Å². The number of aromatic hydroxyl groups is 3. The Morgan fingerprint density at radius 1 is 0.333 bits per heavy atom. The topological polar surface area (TPSA) is 60.7 Å². The van der Waals surface area contributed by atoms with E-state index in [-0.39, 0.29) is 17.2 Å². The molecule has 0 aliphatic heterocycles. The van der Waals surface area contributed by atoms with Gasteiger partial charge in [-0.1, -0.05) is 48.5 Å². The average molecular weight is 354 g/mol. The van der Waals surface area contributed by atoms with Crippen LogP contribution in [0.3, 0.4) is 0 Å². The van der Waals surface area contributed by atoms with Gasteiger partial charge in [-0.15, -0.1) is 0 Å². The first kappa shape index (κ1) is 16.7. The van der Waals surface area contributed by atoms with Gasteiger partial charge >= 0.3 is 0 Å². The van der Waals surface area contributed by atoms with Crippen LogP contribution in [0.15, 0.2) is 91.0 Å². The van der Waals surface area contributed by atoms with Crippen LogP contribution in [-0.4, -0.2) is 15.3 Å². The van der Waals surface area contributed by atoms with Crippen LogP contribution >= 0.6 is 0 Å². The fraction of sp³-hybridized carbons (Fsp3) is 0. The van der Waals surface area contributed by atoms with Gasteiger partial charge in [0.05, 0.1) is 0 Å². The van der Waals surface area contributed by atoms with Gasteiger partial charge in [0.15, 0.2) is 0 Å². The molecule has 0 unspecified atom stereocenters. The van der Waals surface area contributed by atoms with E-state index in [1.807, 2.05) is 42.5 Å². The highest BCUT2D eigenvalue weighted by molar-refractivity contribution is 5.87. The van der Waals surface area contributed by atoms with Crippen molar-refractivity contribution >= 4 is 0 Å². The minimum atomic E-state index is 0.222. The molecule has 0 amide bonds. The zero-order valence-corrected chi connectivity index (χ0v) is 14.5. The van der Waals surface area contributed by atoms with E-state index >= 15 is 0 Å². The summed E-state index contributed by atoms with van der Waals surface area (Å²) in [5.74, 6) is 0.684. The molecule has 0 bridgehead atoms. The van der Waals surface area contributed by atoms with Gasteiger partial charge in [0.2, 0.25) is 0 Å². The standard InChI is InChI=1S/C24H18O3/c25-20-8-1-16(2-9-20)19-7-14-23(17-3-10-21(26)11-4-17)24(15-19)18-5-12-22(27)13-6-18/h1-15,25-27H. The van der Waals surface area contributed by atoms with E-state index < -0.39 is 0 Å². The largest absolute Gasteiger partial charge is 0.508 e. The third-order valence-electron chi connectivity index (χ3n) is 4.58. The van der Waals surface area contributed by atoms with Crippen molar-refractivity contribution < 1.29 is 15.3 Å². The second-order valence-electron chi connectivity index (χ2n) is 6.40. The number of rotatable bonds is 3. The summed E-state index contributed by atoms with van der Waals surface area (Å²) in [5, 5.41) is 28.7. The first-order valence-corrected chi connectivity index (χ1v) is 8.62. The molecular weight excluding hydrogens is 336 g/mol. The Bertz CT molecular complexity index is 1060. The summed E-state index contributed by atoms with van der Waals surface area (Å²) in [6, 6.07) is 27.5. The fourth-order valence-electron chi connectivity index (χ4n) is 3.15. The Balaban J connectivity index is 1.89. The van der Waals surface area contributed by atoms with Crippen molar-refractivity contribution in [3.05, 3.63) is 91.0 Å². The van der Waals surface area contributed by atoms with Gasteiger partial charge in [-0.3, -0.25) is 0 Å². The normalized spacial score (nSPS) is 10.7. The average Bonchev–Trinajstić information content (AvgIpc) is 2.69. The minimum absolute atomic E-state index is 0.222. The van der Waals surface area contributed by atoms with E-state index in [1.165, 1.54) is 0 Å². The highest BCUT2D eigenvalue weighted by atomic mass is 16.3. The maximum absolute atomic E-state index is 9.63. The van der Waals surface area contributed by atoms with Crippen LogP contribution in [0, 0.1) is 0 Å². The van der Waals surface area contributed by atoms with Gasteiger partial charge < -0.3 is 15.3 Å². The Kier molecular flexibility index (Phi) is 4.27. The minimum Gasteiger partial charge on any atom is -0.508 e. The molecule has 0 saturated carbocycles. The molecule has 0 aliphatic carbocycles. The quantitative estimate of drug-likeness (QED) is 0.435. The number of phenols is 3. The fourth-order valence-corrected chi connectivity index (χ4v) is 3.15. The Morgan fingerprint density at radius 3 is 1.19 bits per heavy atom. The summed E-state index contributed by atoms with van der Waals surface area (Å²) in [7, 11) is 0. The highest BCUT2D eigenvalue weighted by Gasteiger charge is 2.10. The van der Waals surface area contributed by atoms with Gasteiger partial charge in [-0.25, -0.2) is 0 Å². The molecule has 0 saturated heterocycles. The summed E-state index contributed by atoms with van der Waals surface area (Å²) in [6.45, 7) is 0. The lowest BCUT2D eigenvalue weighted by Gasteiger charge is -2.13. The summed E-state index contributed by atoms with van der Waals surface area (Å²) >= 11 is 0. The van der Waals surface area contributed by atoms with Crippen LogP contribution in [-0.2, 0) is 0 Å². The molecule has 0 aromatic heterocycles. The summed E-state index contributed by atoms with van der Waals surface area (Å²) in [4.78, 5) is 0. The van der Waals surface area contributed by atoms with E-state index in [1.54, 1.807) is 36.4 Å². The first-order valence-electron chi connectivity index (χ1n) is 8.62. The Hall–Kier alpha value is -3.72. The summed E-state index contributed by atoms with van der Waals surface area (Å²) < 4.78 is 0. The molecule has 4 rings (SSSR count). The van der Waals surface area contributed by atoms with Crippen LogP contribution in [0.4, 0.5) is 0 Å². The molecule has 132 valence electrons. The van der Waals surface area contributed by atoms with Crippen molar-refractivity contribution in [1.29, 1.82) is 0 Å². The van der Waals surface area contributed by atoms with Crippen LogP contribution in [0.25, 0.3) is 33.4 Å². The molecule has 4 aromatic rings. The van der Waals surface area contributed by atoms with E-state index in [0.717, 1.165) is 33.4 Å². The summed E-state index contributed by atoms with van der Waals surface area (Å²) in [6.07, 6.45) is 0. The van der Waals surface area contributed by atoms with E-state index in [0.29, 0.717) is 0 Å². The van der Waals surface area contributed by atoms with Crippen LogP contribution in [0.1, 0.15) is 0 Å². The van der Waals surface area contributed by atoms with Crippen molar-refractivity contribution in [2.75, 3.05) is 0 Å². The molecule has 0 aliphatic rings. The monoisotopic (exact) mass is 354 g/mol. The lowest BCUT2D eigenvalue weighted by molar-refractivity contribution is 0.475. The Labute approximate surface area is 157 Å². The number of hydrogen-bond donors (Lipinski definition) is 3. The second-order valence-corrected chi connectivity index (χ2v) is 6.40. The van der Waals surface area contributed by atoms with Gasteiger partial charge in [-0.05, 0) is 75.8 Å². The molecule has 0 radical (unpaired) electrons. The van der Waals surface area contributed by atoms with Crippen molar-refractivity contribution in [2.45, 2.75) is 0 Å². The van der Waals surface area contributed by atoms with E-state index in [2.05, 4.69) is 12.1 Å². The van der Waals surface area contributed by atoms with Crippen molar-refractivity contribution in [3.63, 3.8) is 0 Å². The van der Waals surface area contributed by atoms with Crippen molar-refractivity contribution in [2.24, 2.45) is 0 Å². The smallest absolute Gasteiger partial charge is 0.115 e. The van der Waals surface area contributed by atoms with Gasteiger partial charge in [-0.2, -0.15) is 0 Å². The molecule has 3 nitrogen and oxygen atoms in total. The lowest BCUT2D eigenvalue weighted by Crippen LogP contribution is -1.87. The molecule has 0 heterocycles. The molecule has 27 heavy (non-hydrogen) atoms. The van der Waals surface area contributed by atoms with Gasteiger partial charge in [0, 0.05) is 0 Å². The van der Waals surface area contributed by atoms with Crippen LogP contribution < -0.4 is 0 Å². The molecular formula is C24H18O3. The molecule has 4 aromatic carbocycles. The first-order chi connectivity index (χ1) is 13.1.